The third-order valence-electron chi connectivity index (χ3n) is 11.0. The number of carbonyl (C=O) groups is 1. The summed E-state index contributed by atoms with van der Waals surface area (Å²) in [4.78, 5) is 29.4. The van der Waals surface area contributed by atoms with Crippen molar-refractivity contribution in [2.24, 2.45) is 23.7 Å². The van der Waals surface area contributed by atoms with Crippen molar-refractivity contribution in [2.45, 2.75) is 102 Å². The van der Waals surface area contributed by atoms with Gasteiger partial charge in [-0.05, 0) is 88.2 Å². The average molecular weight is 567 g/mol. The van der Waals surface area contributed by atoms with E-state index in [1.54, 1.807) is 6.08 Å². The number of benzene rings is 1. The van der Waals surface area contributed by atoms with Gasteiger partial charge in [-0.1, -0.05) is 32.4 Å². The van der Waals surface area contributed by atoms with E-state index < -0.39 is 24.0 Å². The fraction of sp³-hybridized carbons (Fsp3) is 0.727. The van der Waals surface area contributed by atoms with E-state index >= 15 is 0 Å². The molecule has 8 atom stereocenters. The van der Waals surface area contributed by atoms with Crippen LogP contribution in [0.4, 0.5) is 0 Å². The van der Waals surface area contributed by atoms with Crippen LogP contribution in [0, 0.1) is 23.7 Å². The molecule has 2 bridgehead atoms. The van der Waals surface area contributed by atoms with Crippen LogP contribution in [0.25, 0.3) is 6.08 Å². The Morgan fingerprint density at radius 3 is 2.46 bits per heavy atom. The summed E-state index contributed by atoms with van der Waals surface area (Å²) >= 11 is 0. The molecule has 6 aliphatic heterocycles. The SMILES string of the molecule is C[C@@H]1CCC2[C@@H](C)[C@@H](Oc3ccc(/C=C/C(=O)N4CCC(N5CCCCC5)CC4)cc3)O[C@@H]3O[C@]4(C)CC1[C@@]23OO4. The molecule has 7 aliphatic rings. The van der Waals surface area contributed by atoms with Crippen LogP contribution in [0.15, 0.2) is 30.3 Å². The molecule has 8 nitrogen and oxygen atoms in total. The van der Waals surface area contributed by atoms with Crippen molar-refractivity contribution in [1.29, 1.82) is 0 Å². The maximum atomic E-state index is 12.9. The van der Waals surface area contributed by atoms with E-state index in [2.05, 4.69) is 18.7 Å². The lowest BCUT2D eigenvalue weighted by atomic mass is 9.56. The van der Waals surface area contributed by atoms with Gasteiger partial charge in [0.2, 0.25) is 18.0 Å². The number of ether oxygens (including phenoxy) is 3. The summed E-state index contributed by atoms with van der Waals surface area (Å²) in [6, 6.07) is 8.53. The number of rotatable bonds is 5. The topological polar surface area (TPSA) is 69.7 Å². The zero-order valence-corrected chi connectivity index (χ0v) is 24.8. The van der Waals surface area contributed by atoms with Gasteiger partial charge in [0.15, 0.2) is 11.9 Å². The molecule has 6 saturated heterocycles. The lowest BCUT2D eigenvalue weighted by Crippen LogP contribution is -2.76. The molecule has 1 spiro atoms. The zero-order valence-electron chi connectivity index (χ0n) is 24.8. The zero-order chi connectivity index (χ0) is 28.2. The molecule has 1 aromatic carbocycles. The Morgan fingerprint density at radius 2 is 1.71 bits per heavy atom. The maximum Gasteiger partial charge on any atom is 0.246 e. The second kappa shape index (κ2) is 10.9. The normalized spacial score (nSPS) is 41.4. The average Bonchev–Trinajstić information content (AvgIpc) is 3.00. The highest BCUT2D eigenvalue weighted by atomic mass is 17.3. The van der Waals surface area contributed by atoms with Crippen molar-refractivity contribution >= 4 is 12.0 Å². The summed E-state index contributed by atoms with van der Waals surface area (Å²) in [5.41, 5.74) is 0.402. The summed E-state index contributed by atoms with van der Waals surface area (Å²) in [6.07, 6.45) is 11.9. The summed E-state index contributed by atoms with van der Waals surface area (Å²) < 4.78 is 19.2. The van der Waals surface area contributed by atoms with Crippen LogP contribution in [0.3, 0.4) is 0 Å². The van der Waals surface area contributed by atoms with Crippen LogP contribution in [-0.2, 0) is 24.0 Å². The minimum absolute atomic E-state index is 0.0996. The number of carbonyl (C=O) groups excluding carboxylic acids is 1. The number of hydrogen-bond donors (Lipinski definition) is 0. The fourth-order valence-corrected chi connectivity index (χ4v) is 8.62. The quantitative estimate of drug-likeness (QED) is 0.350. The molecule has 1 saturated carbocycles. The van der Waals surface area contributed by atoms with E-state index in [4.69, 9.17) is 24.0 Å². The van der Waals surface area contributed by atoms with E-state index in [-0.39, 0.29) is 17.7 Å². The molecule has 0 radical (unpaired) electrons. The van der Waals surface area contributed by atoms with Crippen LogP contribution < -0.4 is 4.74 Å². The number of nitrogens with zero attached hydrogens (tertiary/aromatic N) is 2. The molecule has 224 valence electrons. The van der Waals surface area contributed by atoms with Crippen LogP contribution in [-0.4, -0.2) is 71.9 Å². The van der Waals surface area contributed by atoms with E-state index in [9.17, 15) is 4.79 Å². The fourth-order valence-electron chi connectivity index (χ4n) is 8.62. The van der Waals surface area contributed by atoms with Crippen molar-refractivity contribution in [2.75, 3.05) is 26.2 Å². The summed E-state index contributed by atoms with van der Waals surface area (Å²) in [7, 11) is 0. The van der Waals surface area contributed by atoms with Crippen molar-refractivity contribution in [1.82, 2.24) is 9.80 Å². The van der Waals surface area contributed by atoms with Crippen LogP contribution in [0.1, 0.15) is 77.7 Å². The number of fused-ring (bicyclic) bond motifs is 1. The first-order valence-corrected chi connectivity index (χ1v) is 16.0. The van der Waals surface area contributed by atoms with Crippen molar-refractivity contribution in [3.63, 3.8) is 0 Å². The highest BCUT2D eigenvalue weighted by Crippen LogP contribution is 2.62. The molecule has 41 heavy (non-hydrogen) atoms. The monoisotopic (exact) mass is 566 g/mol. The van der Waals surface area contributed by atoms with E-state index in [0.717, 1.165) is 56.5 Å². The second-order valence-corrected chi connectivity index (χ2v) is 13.6. The Kier molecular flexibility index (Phi) is 7.43. The first-order chi connectivity index (χ1) is 19.8. The maximum absolute atomic E-state index is 12.9. The Bertz CT molecular complexity index is 1130. The summed E-state index contributed by atoms with van der Waals surface area (Å²) in [5, 5.41) is 0. The molecule has 2 unspecified atom stereocenters. The summed E-state index contributed by atoms with van der Waals surface area (Å²) in [5.74, 6) is 1.29. The Balaban J connectivity index is 0.954. The highest BCUT2D eigenvalue weighted by Gasteiger charge is 2.72. The predicted molar refractivity (Wildman–Crippen MR) is 153 cm³/mol. The standard InChI is InChI=1S/C33H46N2O6/c1-22-7-13-27-23(2)30(38-31-33(27)28(22)21-32(3,39-31)40-41-33)37-26-11-8-24(9-12-26)10-14-29(36)35-19-15-25(16-20-35)34-17-5-4-6-18-34/h8-12,14,22-23,25,27-28,30-31H,4-7,13,15-21H2,1-3H3/b14-10+/t22-,23-,27?,28?,30+,31-,32+,33+/m1/s1. The van der Waals surface area contributed by atoms with E-state index in [1.165, 1.54) is 32.4 Å². The largest absolute Gasteiger partial charge is 0.465 e. The highest BCUT2D eigenvalue weighted by molar-refractivity contribution is 5.91. The molecule has 0 N–H and O–H groups in total. The van der Waals surface area contributed by atoms with Crippen molar-refractivity contribution < 1.29 is 28.8 Å². The van der Waals surface area contributed by atoms with Crippen LogP contribution in [0.5, 0.6) is 5.75 Å². The Labute approximate surface area is 244 Å². The molecular formula is C33H46N2O6. The van der Waals surface area contributed by atoms with Crippen LogP contribution >= 0.6 is 0 Å². The van der Waals surface area contributed by atoms with Gasteiger partial charge < -0.3 is 24.0 Å². The molecule has 1 aromatic rings. The smallest absolute Gasteiger partial charge is 0.246 e. The minimum Gasteiger partial charge on any atom is -0.465 e. The minimum atomic E-state index is -0.785. The third kappa shape index (κ3) is 5.03. The molecule has 1 amide bonds. The molecule has 8 rings (SSSR count). The molecular weight excluding hydrogens is 520 g/mol. The van der Waals surface area contributed by atoms with Gasteiger partial charge in [-0.3, -0.25) is 4.79 Å². The van der Waals surface area contributed by atoms with Crippen molar-refractivity contribution in [3.05, 3.63) is 35.9 Å². The number of piperidine rings is 2. The van der Waals surface area contributed by atoms with Crippen molar-refractivity contribution in [3.8, 4) is 5.75 Å². The van der Waals surface area contributed by atoms with Gasteiger partial charge in [0.25, 0.3) is 0 Å². The van der Waals surface area contributed by atoms with Gasteiger partial charge in [-0.2, -0.15) is 0 Å². The third-order valence-corrected chi connectivity index (χ3v) is 11.0. The summed E-state index contributed by atoms with van der Waals surface area (Å²) in [6.45, 7) is 10.6. The second-order valence-electron chi connectivity index (χ2n) is 13.6. The van der Waals surface area contributed by atoms with Gasteiger partial charge in [-0.25, -0.2) is 9.78 Å². The molecule has 7 fully saturated rings. The number of likely N-dealkylation sites (tertiary alicyclic amines) is 2. The molecule has 6 heterocycles. The molecule has 0 aromatic heterocycles. The van der Waals surface area contributed by atoms with Crippen LogP contribution in [0.2, 0.25) is 0 Å². The Morgan fingerprint density at radius 1 is 0.951 bits per heavy atom. The Hall–Kier alpha value is -1.97. The van der Waals surface area contributed by atoms with Gasteiger partial charge >= 0.3 is 0 Å². The van der Waals surface area contributed by atoms with E-state index in [0.29, 0.717) is 17.9 Å². The number of hydrogen-bond acceptors (Lipinski definition) is 7. The van der Waals surface area contributed by atoms with Gasteiger partial charge in [0, 0.05) is 49.4 Å². The first kappa shape index (κ1) is 27.8. The van der Waals surface area contributed by atoms with Gasteiger partial charge in [-0.15, -0.1) is 0 Å². The molecule has 1 aliphatic carbocycles. The lowest BCUT2D eigenvalue weighted by Gasteiger charge is -2.66. The van der Waals surface area contributed by atoms with Gasteiger partial charge in [0.1, 0.15) is 5.75 Å². The van der Waals surface area contributed by atoms with E-state index in [1.807, 2.05) is 42.2 Å². The predicted octanol–water partition coefficient (Wildman–Crippen LogP) is 5.37. The molecule has 8 heteroatoms. The first-order valence-electron chi connectivity index (χ1n) is 16.0. The van der Waals surface area contributed by atoms with Gasteiger partial charge in [0.05, 0.1) is 0 Å². The lowest BCUT2D eigenvalue weighted by molar-refractivity contribution is -0.614. The number of amides is 1.